The third kappa shape index (κ3) is 1.78. The van der Waals surface area contributed by atoms with Crippen LogP contribution in [0.2, 0.25) is 0 Å². The molecule has 0 aliphatic rings. The molecule has 0 radical (unpaired) electrons. The Morgan fingerprint density at radius 2 is 2.33 bits per heavy atom. The first-order valence-corrected chi connectivity index (χ1v) is 6.24. The fourth-order valence-electron chi connectivity index (χ4n) is 1.90. The number of benzene rings is 1. The second-order valence-electron chi connectivity index (χ2n) is 4.04. The van der Waals surface area contributed by atoms with Gasteiger partial charge in [0.2, 0.25) is 0 Å². The average Bonchev–Trinajstić information content (AvgIpc) is 2.81. The van der Waals surface area contributed by atoms with E-state index in [2.05, 4.69) is 9.38 Å². The summed E-state index contributed by atoms with van der Waals surface area (Å²) in [6, 6.07) is 5.87. The molecule has 4 nitrogen and oxygen atoms in total. The molecule has 18 heavy (non-hydrogen) atoms. The summed E-state index contributed by atoms with van der Waals surface area (Å²) in [7, 11) is 0. The van der Waals surface area contributed by atoms with Crippen LogP contribution in [0.3, 0.4) is 0 Å². The number of rotatable bonds is 2. The average molecular weight is 258 g/mol. The number of carbonyl (C=O) groups is 1. The van der Waals surface area contributed by atoms with Gasteiger partial charge in [0, 0.05) is 12.3 Å². The van der Waals surface area contributed by atoms with E-state index in [1.165, 1.54) is 0 Å². The van der Waals surface area contributed by atoms with E-state index in [0.717, 1.165) is 32.5 Å². The number of aromatic nitrogens is 2. The third-order valence-electron chi connectivity index (χ3n) is 2.66. The van der Waals surface area contributed by atoms with E-state index in [-0.39, 0.29) is 0 Å². The van der Waals surface area contributed by atoms with Crippen LogP contribution in [-0.4, -0.2) is 20.5 Å². The lowest BCUT2D eigenvalue weighted by molar-refractivity contribution is -0.131. The number of nitrogens with zero attached hydrogens (tertiary/aromatic N) is 2. The highest BCUT2D eigenvalue weighted by Gasteiger charge is 2.06. The van der Waals surface area contributed by atoms with Crippen molar-refractivity contribution in [3.63, 3.8) is 0 Å². The van der Waals surface area contributed by atoms with Crippen molar-refractivity contribution in [3.05, 3.63) is 41.7 Å². The van der Waals surface area contributed by atoms with Crippen LogP contribution in [0.5, 0.6) is 0 Å². The summed E-state index contributed by atoms with van der Waals surface area (Å²) in [5.74, 6) is -0.938. The zero-order valence-corrected chi connectivity index (χ0v) is 10.4. The van der Waals surface area contributed by atoms with Crippen LogP contribution in [0.4, 0.5) is 0 Å². The molecular formula is C13H10N2O2S. The molecule has 0 aliphatic heterocycles. The van der Waals surface area contributed by atoms with Gasteiger partial charge in [0.05, 0.1) is 15.9 Å². The second-order valence-corrected chi connectivity index (χ2v) is 5.04. The largest absolute Gasteiger partial charge is 0.478 e. The maximum absolute atomic E-state index is 10.5. The van der Waals surface area contributed by atoms with E-state index in [4.69, 9.17) is 5.11 Å². The Hall–Kier alpha value is -2.14. The number of carboxylic acid groups (broad SMARTS) is 1. The summed E-state index contributed by atoms with van der Waals surface area (Å²) < 4.78 is 3.16. The Kier molecular flexibility index (Phi) is 2.41. The smallest absolute Gasteiger partial charge is 0.328 e. The topological polar surface area (TPSA) is 54.6 Å². The summed E-state index contributed by atoms with van der Waals surface area (Å²) in [5, 5.41) is 8.60. The Morgan fingerprint density at radius 3 is 3.11 bits per heavy atom. The number of fused-ring (bicyclic) bond motifs is 3. The van der Waals surface area contributed by atoms with Crippen molar-refractivity contribution in [2.24, 2.45) is 0 Å². The first kappa shape index (κ1) is 11.0. The van der Waals surface area contributed by atoms with E-state index >= 15 is 0 Å². The minimum atomic E-state index is -0.938. The fourth-order valence-corrected chi connectivity index (χ4v) is 3.00. The van der Waals surface area contributed by atoms with Gasteiger partial charge in [-0.15, -0.1) is 0 Å². The number of imidazole rings is 1. The Morgan fingerprint density at radius 1 is 1.50 bits per heavy atom. The standard InChI is InChI=1S/C13H10N2O2S/c1-8-7-15-10-4-2-9(3-5-12(16)17)6-11(10)18-13(15)14-8/h2-7H,1H3,(H,16,17)/b5-3+. The van der Waals surface area contributed by atoms with E-state index in [9.17, 15) is 4.79 Å². The highest BCUT2D eigenvalue weighted by atomic mass is 32.1. The van der Waals surface area contributed by atoms with Gasteiger partial charge >= 0.3 is 5.97 Å². The molecule has 1 aromatic carbocycles. The van der Waals surface area contributed by atoms with Gasteiger partial charge < -0.3 is 5.11 Å². The molecule has 2 aromatic heterocycles. The summed E-state index contributed by atoms with van der Waals surface area (Å²) in [6.45, 7) is 1.97. The molecule has 0 fully saturated rings. The molecule has 2 heterocycles. The van der Waals surface area contributed by atoms with Crippen molar-refractivity contribution >= 4 is 38.6 Å². The van der Waals surface area contributed by atoms with E-state index in [1.807, 2.05) is 31.3 Å². The maximum atomic E-state index is 10.5. The lowest BCUT2D eigenvalue weighted by Gasteiger charge is -1.94. The van der Waals surface area contributed by atoms with Gasteiger partial charge in [-0.2, -0.15) is 0 Å². The highest BCUT2D eigenvalue weighted by Crippen LogP contribution is 2.27. The van der Waals surface area contributed by atoms with Crippen molar-refractivity contribution in [2.45, 2.75) is 6.92 Å². The number of aliphatic carboxylic acids is 1. The zero-order valence-electron chi connectivity index (χ0n) is 9.62. The van der Waals surface area contributed by atoms with E-state index in [0.29, 0.717) is 0 Å². The molecule has 0 bridgehead atoms. The minimum Gasteiger partial charge on any atom is -0.478 e. The number of hydrogen-bond donors (Lipinski definition) is 1. The van der Waals surface area contributed by atoms with Gasteiger partial charge in [-0.1, -0.05) is 17.4 Å². The molecular weight excluding hydrogens is 248 g/mol. The van der Waals surface area contributed by atoms with Crippen LogP contribution < -0.4 is 0 Å². The van der Waals surface area contributed by atoms with Gasteiger partial charge in [-0.05, 0) is 30.7 Å². The molecule has 1 N–H and O–H groups in total. The maximum Gasteiger partial charge on any atom is 0.328 e. The summed E-state index contributed by atoms with van der Waals surface area (Å²) in [5.41, 5.74) is 2.98. The Labute approximate surface area is 107 Å². The fraction of sp³-hybridized carbons (Fsp3) is 0.0769. The van der Waals surface area contributed by atoms with Crippen LogP contribution in [0, 0.1) is 6.92 Å². The molecule has 0 atom stereocenters. The molecule has 0 spiro atoms. The Bertz CT molecular complexity index is 783. The van der Waals surface area contributed by atoms with Gasteiger partial charge in [0.25, 0.3) is 0 Å². The van der Waals surface area contributed by atoms with Crippen molar-refractivity contribution in [1.82, 2.24) is 9.38 Å². The van der Waals surface area contributed by atoms with Crippen molar-refractivity contribution in [1.29, 1.82) is 0 Å². The quantitative estimate of drug-likeness (QED) is 0.719. The first-order chi connectivity index (χ1) is 8.63. The van der Waals surface area contributed by atoms with E-state index in [1.54, 1.807) is 17.4 Å². The highest BCUT2D eigenvalue weighted by molar-refractivity contribution is 7.23. The molecule has 5 heteroatoms. The summed E-state index contributed by atoms with van der Waals surface area (Å²) in [6.07, 6.45) is 4.74. The predicted octanol–water partition coefficient (Wildman–Crippen LogP) is 2.96. The van der Waals surface area contributed by atoms with Crippen molar-refractivity contribution in [3.8, 4) is 0 Å². The summed E-state index contributed by atoms with van der Waals surface area (Å²) in [4.78, 5) is 15.9. The van der Waals surface area contributed by atoms with Gasteiger partial charge in [0.1, 0.15) is 0 Å². The van der Waals surface area contributed by atoms with Crippen molar-refractivity contribution < 1.29 is 9.90 Å². The third-order valence-corrected chi connectivity index (χ3v) is 3.67. The number of carboxylic acids is 1. The molecule has 3 rings (SSSR count). The monoisotopic (exact) mass is 258 g/mol. The van der Waals surface area contributed by atoms with Crippen LogP contribution in [0.1, 0.15) is 11.3 Å². The lowest BCUT2D eigenvalue weighted by Crippen LogP contribution is -1.85. The SMILES string of the molecule is Cc1cn2c(n1)sc1cc(/C=C/C(=O)O)ccc12. The zero-order chi connectivity index (χ0) is 12.7. The minimum absolute atomic E-state index is 0.881. The number of aryl methyl sites for hydroxylation is 1. The van der Waals surface area contributed by atoms with Crippen molar-refractivity contribution in [2.75, 3.05) is 0 Å². The first-order valence-electron chi connectivity index (χ1n) is 5.43. The predicted molar refractivity (Wildman–Crippen MR) is 72.0 cm³/mol. The molecule has 0 aliphatic carbocycles. The van der Waals surface area contributed by atoms with Crippen LogP contribution >= 0.6 is 11.3 Å². The molecule has 3 aromatic rings. The Balaban J connectivity index is 2.15. The van der Waals surface area contributed by atoms with Gasteiger partial charge in [-0.3, -0.25) is 4.40 Å². The normalized spacial score (nSPS) is 11.8. The lowest BCUT2D eigenvalue weighted by atomic mass is 10.2. The molecule has 0 saturated carbocycles. The molecule has 90 valence electrons. The number of hydrogen-bond acceptors (Lipinski definition) is 3. The molecule has 0 unspecified atom stereocenters. The van der Waals surface area contributed by atoms with Crippen LogP contribution in [-0.2, 0) is 4.79 Å². The van der Waals surface area contributed by atoms with Gasteiger partial charge in [-0.25, -0.2) is 9.78 Å². The van der Waals surface area contributed by atoms with Gasteiger partial charge in [0.15, 0.2) is 4.96 Å². The molecule has 0 amide bonds. The van der Waals surface area contributed by atoms with E-state index < -0.39 is 5.97 Å². The second kappa shape index (κ2) is 3.96. The number of thiazole rings is 1. The van der Waals surface area contributed by atoms with Crippen LogP contribution in [0.25, 0.3) is 21.3 Å². The van der Waals surface area contributed by atoms with Crippen LogP contribution in [0.15, 0.2) is 30.5 Å². The molecule has 0 saturated heterocycles. The summed E-state index contributed by atoms with van der Waals surface area (Å²) >= 11 is 1.60.